The van der Waals surface area contributed by atoms with Gasteiger partial charge in [-0.15, -0.1) is 0 Å². The molecule has 2 unspecified atom stereocenters. The summed E-state index contributed by atoms with van der Waals surface area (Å²) in [5, 5.41) is 17.2. The third-order valence-corrected chi connectivity index (χ3v) is 7.49. The second kappa shape index (κ2) is 13.6. The summed E-state index contributed by atoms with van der Waals surface area (Å²) in [5.74, 6) is -1.53. The largest absolute Gasteiger partial charge is 0.464 e. The molecule has 1 aromatic carbocycles. The van der Waals surface area contributed by atoms with Crippen molar-refractivity contribution in [1.29, 1.82) is 0 Å². The van der Waals surface area contributed by atoms with Crippen molar-refractivity contribution in [3.05, 3.63) is 58.3 Å². The Kier molecular flexibility index (Phi) is 10.4. The molecule has 2 aromatic rings. The van der Waals surface area contributed by atoms with Crippen molar-refractivity contribution < 1.29 is 24.0 Å². The van der Waals surface area contributed by atoms with Crippen LogP contribution in [0.25, 0.3) is 11.3 Å². The fourth-order valence-corrected chi connectivity index (χ4v) is 5.75. The van der Waals surface area contributed by atoms with Crippen LogP contribution in [0.3, 0.4) is 0 Å². The summed E-state index contributed by atoms with van der Waals surface area (Å²) in [7, 11) is 0. The average molecular weight is 569 g/mol. The average Bonchev–Trinajstić information content (AvgIpc) is 3.38. The SMILES string of the molecule is CCOC(=O)C(Cc1ccc(-c2cccc([N+](=O)[O-])c2)nc1)NC(=O)C1(NC(=S)C(C(C)=O)C(C)C)CCCC1. The van der Waals surface area contributed by atoms with Crippen molar-refractivity contribution in [1.82, 2.24) is 15.6 Å². The Morgan fingerprint density at radius 3 is 2.42 bits per heavy atom. The Bertz CT molecular complexity index is 1260. The monoisotopic (exact) mass is 568 g/mol. The summed E-state index contributed by atoms with van der Waals surface area (Å²) in [6.45, 7) is 7.16. The number of thiocarbonyl (C=S) groups is 1. The van der Waals surface area contributed by atoms with Crippen LogP contribution < -0.4 is 10.6 Å². The van der Waals surface area contributed by atoms with Crippen LogP contribution in [0.4, 0.5) is 5.69 Å². The van der Waals surface area contributed by atoms with Gasteiger partial charge in [-0.25, -0.2) is 4.79 Å². The van der Waals surface area contributed by atoms with Crippen molar-refractivity contribution in [2.45, 2.75) is 71.4 Å². The number of amides is 1. The van der Waals surface area contributed by atoms with Crippen molar-refractivity contribution in [2.24, 2.45) is 11.8 Å². The molecule has 1 heterocycles. The maximum Gasteiger partial charge on any atom is 0.328 e. The lowest BCUT2D eigenvalue weighted by atomic mass is 9.89. The summed E-state index contributed by atoms with van der Waals surface area (Å²) in [6.07, 6.45) is 4.37. The molecule has 0 bridgehead atoms. The van der Waals surface area contributed by atoms with Crippen LogP contribution in [0, 0.1) is 22.0 Å². The normalized spacial score (nSPS) is 15.6. The van der Waals surface area contributed by atoms with Crippen LogP contribution in [0.5, 0.6) is 0 Å². The van der Waals surface area contributed by atoms with Gasteiger partial charge in [0.1, 0.15) is 17.4 Å². The molecule has 1 saturated carbocycles. The molecule has 0 radical (unpaired) electrons. The van der Waals surface area contributed by atoms with Crippen LogP contribution in [0.15, 0.2) is 42.6 Å². The first-order valence-corrected chi connectivity index (χ1v) is 13.9. The van der Waals surface area contributed by atoms with Gasteiger partial charge in [0.15, 0.2) is 0 Å². The number of esters is 1. The predicted molar refractivity (Wildman–Crippen MR) is 155 cm³/mol. The molecule has 1 aliphatic carbocycles. The highest BCUT2D eigenvalue weighted by Crippen LogP contribution is 2.31. The number of rotatable bonds is 12. The maximum atomic E-state index is 13.7. The minimum absolute atomic E-state index is 0.0243. The highest BCUT2D eigenvalue weighted by atomic mass is 32.1. The van der Waals surface area contributed by atoms with E-state index in [0.717, 1.165) is 12.8 Å². The minimum Gasteiger partial charge on any atom is -0.464 e. The lowest BCUT2D eigenvalue weighted by Gasteiger charge is -2.34. The third kappa shape index (κ3) is 7.47. The maximum absolute atomic E-state index is 13.7. The molecule has 1 aliphatic rings. The number of ether oxygens (including phenoxy) is 1. The van der Waals surface area contributed by atoms with Crippen LogP contribution in [0.2, 0.25) is 0 Å². The molecule has 0 spiro atoms. The Hall–Kier alpha value is -3.73. The second-order valence-corrected chi connectivity index (χ2v) is 10.9. The van der Waals surface area contributed by atoms with Gasteiger partial charge in [-0.2, -0.15) is 0 Å². The number of hydrogen-bond acceptors (Lipinski definition) is 8. The number of Topliss-reactive ketones (excluding diaryl/α,β-unsaturated/α-hetero) is 1. The highest BCUT2D eigenvalue weighted by Gasteiger charge is 2.44. The van der Waals surface area contributed by atoms with Crippen LogP contribution in [-0.4, -0.2) is 50.7 Å². The first-order chi connectivity index (χ1) is 19.0. The lowest BCUT2D eigenvalue weighted by Crippen LogP contribution is -2.61. The van der Waals surface area contributed by atoms with Gasteiger partial charge in [0.25, 0.3) is 5.69 Å². The first kappa shape index (κ1) is 30.8. The van der Waals surface area contributed by atoms with Gasteiger partial charge in [0.2, 0.25) is 5.91 Å². The minimum atomic E-state index is -1.02. The number of nitro groups is 1. The number of carbonyl (C=O) groups is 3. The summed E-state index contributed by atoms with van der Waals surface area (Å²) in [5.41, 5.74) is 0.746. The van der Waals surface area contributed by atoms with Crippen LogP contribution in [0.1, 0.15) is 58.9 Å². The molecule has 2 N–H and O–H groups in total. The number of carbonyl (C=O) groups excluding carboxylic acids is 3. The van der Waals surface area contributed by atoms with E-state index in [1.54, 1.807) is 37.4 Å². The molecule has 1 amide bonds. The van der Waals surface area contributed by atoms with E-state index >= 15 is 0 Å². The standard InChI is InChI=1S/C29H36N4O6S/c1-5-39-27(35)24(15-20-11-12-23(30-17-20)21-9-8-10-22(16-21)33(37)38)31-28(36)29(13-6-7-14-29)32-26(40)25(18(2)3)19(4)34/h8-12,16-18,24-25H,5-7,13-15H2,1-4H3,(H,31,36)(H,32,40). The number of nitrogens with one attached hydrogen (secondary N) is 2. The smallest absolute Gasteiger partial charge is 0.328 e. The van der Waals surface area contributed by atoms with Crippen LogP contribution >= 0.6 is 12.2 Å². The van der Waals surface area contributed by atoms with Crippen molar-refractivity contribution in [3.63, 3.8) is 0 Å². The molecule has 2 atom stereocenters. The molecular weight excluding hydrogens is 532 g/mol. The number of nitrogens with zero attached hydrogens (tertiary/aromatic N) is 2. The van der Waals surface area contributed by atoms with E-state index in [0.29, 0.717) is 34.7 Å². The highest BCUT2D eigenvalue weighted by molar-refractivity contribution is 7.80. The van der Waals surface area contributed by atoms with E-state index in [-0.39, 0.29) is 36.3 Å². The molecule has 3 rings (SSSR count). The molecule has 40 heavy (non-hydrogen) atoms. The number of hydrogen-bond donors (Lipinski definition) is 2. The van der Waals surface area contributed by atoms with Crippen molar-refractivity contribution in [3.8, 4) is 11.3 Å². The van der Waals surface area contributed by atoms with Gasteiger partial charge in [0, 0.05) is 30.3 Å². The predicted octanol–water partition coefficient (Wildman–Crippen LogP) is 4.34. The van der Waals surface area contributed by atoms with Crippen molar-refractivity contribution in [2.75, 3.05) is 6.61 Å². The van der Waals surface area contributed by atoms with E-state index < -0.39 is 28.4 Å². The molecule has 0 saturated heterocycles. The van der Waals surface area contributed by atoms with E-state index in [2.05, 4.69) is 15.6 Å². The number of ketones is 1. The number of non-ortho nitro benzene ring substituents is 1. The van der Waals surface area contributed by atoms with E-state index in [9.17, 15) is 24.5 Å². The molecule has 10 nitrogen and oxygen atoms in total. The Morgan fingerprint density at radius 2 is 1.88 bits per heavy atom. The van der Waals surface area contributed by atoms with Gasteiger partial charge < -0.3 is 15.4 Å². The second-order valence-electron chi connectivity index (χ2n) is 10.5. The Morgan fingerprint density at radius 1 is 1.18 bits per heavy atom. The van der Waals surface area contributed by atoms with Gasteiger partial charge in [-0.05, 0) is 44.2 Å². The zero-order chi connectivity index (χ0) is 29.4. The summed E-state index contributed by atoms with van der Waals surface area (Å²) >= 11 is 5.59. The zero-order valence-electron chi connectivity index (χ0n) is 23.3. The summed E-state index contributed by atoms with van der Waals surface area (Å²) < 4.78 is 5.25. The van der Waals surface area contributed by atoms with Gasteiger partial charge in [0.05, 0.1) is 28.1 Å². The van der Waals surface area contributed by atoms with Crippen LogP contribution in [-0.2, 0) is 25.5 Å². The van der Waals surface area contributed by atoms with E-state index in [1.807, 2.05) is 13.8 Å². The van der Waals surface area contributed by atoms with E-state index in [4.69, 9.17) is 17.0 Å². The number of nitro benzene ring substituents is 1. The molecule has 1 fully saturated rings. The van der Waals surface area contributed by atoms with Gasteiger partial charge in [-0.1, -0.05) is 57.1 Å². The van der Waals surface area contributed by atoms with Gasteiger partial charge >= 0.3 is 5.97 Å². The molecule has 1 aromatic heterocycles. The van der Waals surface area contributed by atoms with Gasteiger partial charge in [-0.3, -0.25) is 24.7 Å². The zero-order valence-corrected chi connectivity index (χ0v) is 24.1. The number of aromatic nitrogens is 1. The number of benzene rings is 1. The molecule has 214 valence electrons. The molecule has 0 aliphatic heterocycles. The quantitative estimate of drug-likeness (QED) is 0.166. The lowest BCUT2D eigenvalue weighted by molar-refractivity contribution is -0.384. The van der Waals surface area contributed by atoms with E-state index in [1.165, 1.54) is 19.1 Å². The Balaban J connectivity index is 1.80. The Labute approximate surface area is 239 Å². The third-order valence-electron chi connectivity index (χ3n) is 7.14. The van der Waals surface area contributed by atoms with Crippen molar-refractivity contribution >= 4 is 40.6 Å². The molecular formula is C29H36N4O6S. The first-order valence-electron chi connectivity index (χ1n) is 13.5. The topological polar surface area (TPSA) is 141 Å². The summed E-state index contributed by atoms with van der Waals surface area (Å²) in [4.78, 5) is 54.3. The fourth-order valence-electron chi connectivity index (χ4n) is 5.12. The number of pyridine rings is 1. The molecule has 11 heteroatoms. The fraction of sp³-hybridized carbons (Fsp3) is 0.483. The summed E-state index contributed by atoms with van der Waals surface area (Å²) in [6, 6.07) is 8.67.